The number of carbonyl (C=O) groups excluding carboxylic acids is 1. The number of hydrogen-bond acceptors (Lipinski definition) is 4. The molecule has 1 N–H and O–H groups in total. The first-order valence-corrected chi connectivity index (χ1v) is 16.1. The van der Waals surface area contributed by atoms with Gasteiger partial charge >= 0.3 is 0 Å². The van der Waals surface area contributed by atoms with Crippen LogP contribution in [0.1, 0.15) is 70.7 Å². The van der Waals surface area contributed by atoms with E-state index in [9.17, 15) is 9.18 Å². The summed E-state index contributed by atoms with van der Waals surface area (Å²) in [6.45, 7) is 8.53. The standard InChI is InChI=1S/C39H35Cl2FN4O/c1-25(2)37-44-27(4)35(22-13-28-7-5-26(3)6-8-28)38(45-37)46(24-30-11-18-33(41)19-12-30)36(31-14-20-34(42)21-15-31)39(47)43-23-29-9-16-32(40)17-10-29/h5-12,14-21,25,36H,23-24H2,1-4H3,(H,43,47). The van der Waals surface area contributed by atoms with Crippen LogP contribution in [0.4, 0.5) is 10.2 Å². The van der Waals surface area contributed by atoms with Crippen LogP contribution in [0.2, 0.25) is 10.0 Å². The van der Waals surface area contributed by atoms with Crippen molar-refractivity contribution < 1.29 is 9.18 Å². The molecule has 1 heterocycles. The van der Waals surface area contributed by atoms with Gasteiger partial charge in [0.1, 0.15) is 23.5 Å². The molecule has 1 atom stereocenters. The molecular weight excluding hydrogens is 630 g/mol. The number of carbonyl (C=O) groups is 1. The molecule has 5 rings (SSSR count). The topological polar surface area (TPSA) is 58.1 Å². The molecule has 238 valence electrons. The van der Waals surface area contributed by atoms with Crippen LogP contribution < -0.4 is 10.2 Å². The Bertz CT molecular complexity index is 1900. The first-order chi connectivity index (χ1) is 22.6. The molecule has 0 fully saturated rings. The van der Waals surface area contributed by atoms with Crippen LogP contribution in [0.5, 0.6) is 0 Å². The van der Waals surface area contributed by atoms with E-state index in [0.29, 0.717) is 38.5 Å². The molecule has 0 radical (unpaired) electrons. The fraction of sp³-hybridized carbons (Fsp3) is 0.205. The summed E-state index contributed by atoms with van der Waals surface area (Å²) in [4.78, 5) is 26.2. The van der Waals surface area contributed by atoms with Crippen molar-refractivity contribution >= 4 is 34.9 Å². The molecule has 5 aromatic rings. The SMILES string of the molecule is Cc1ccc(C#Cc2c(C)nc(C(C)C)nc2N(Cc2ccc(Cl)cc2)C(C(=O)NCc2ccc(Cl)cc2)c2ccc(F)cc2)cc1. The summed E-state index contributed by atoms with van der Waals surface area (Å²) in [7, 11) is 0. The van der Waals surface area contributed by atoms with Gasteiger partial charge < -0.3 is 10.2 Å². The lowest BCUT2D eigenvalue weighted by molar-refractivity contribution is -0.122. The minimum absolute atomic E-state index is 0.00643. The molecule has 0 aliphatic heterocycles. The van der Waals surface area contributed by atoms with Crippen molar-refractivity contribution in [2.24, 2.45) is 0 Å². The van der Waals surface area contributed by atoms with Gasteiger partial charge in [-0.25, -0.2) is 14.4 Å². The number of aryl methyl sites for hydroxylation is 2. The van der Waals surface area contributed by atoms with Gasteiger partial charge in [0, 0.05) is 34.6 Å². The van der Waals surface area contributed by atoms with Crippen LogP contribution in [0.15, 0.2) is 97.1 Å². The number of nitrogens with one attached hydrogen (secondary N) is 1. The molecule has 1 amide bonds. The van der Waals surface area contributed by atoms with Crippen molar-refractivity contribution in [2.75, 3.05) is 4.90 Å². The molecule has 0 aliphatic rings. The van der Waals surface area contributed by atoms with E-state index in [1.807, 2.05) is 93.3 Å². The number of nitrogens with zero attached hydrogens (tertiary/aromatic N) is 3. The second kappa shape index (κ2) is 15.3. The maximum absolute atomic E-state index is 14.4. The molecule has 1 aromatic heterocycles. The first-order valence-electron chi connectivity index (χ1n) is 15.3. The molecule has 0 saturated carbocycles. The normalized spacial score (nSPS) is 11.5. The average molecular weight is 666 g/mol. The van der Waals surface area contributed by atoms with Crippen LogP contribution in [-0.2, 0) is 17.9 Å². The molecular formula is C39H35Cl2FN4O. The Kier molecular flexibility index (Phi) is 10.9. The summed E-state index contributed by atoms with van der Waals surface area (Å²) < 4.78 is 14.2. The summed E-state index contributed by atoms with van der Waals surface area (Å²) >= 11 is 12.3. The van der Waals surface area contributed by atoms with Crippen LogP contribution in [0.3, 0.4) is 0 Å². The fourth-order valence-corrected chi connectivity index (χ4v) is 5.30. The van der Waals surface area contributed by atoms with Gasteiger partial charge in [0.05, 0.1) is 11.3 Å². The van der Waals surface area contributed by atoms with Gasteiger partial charge in [-0.05, 0) is 79.1 Å². The molecule has 0 spiro atoms. The van der Waals surface area contributed by atoms with E-state index < -0.39 is 11.9 Å². The summed E-state index contributed by atoms with van der Waals surface area (Å²) in [6.07, 6.45) is 0. The fourth-order valence-electron chi connectivity index (χ4n) is 5.04. The second-order valence-electron chi connectivity index (χ2n) is 11.7. The third kappa shape index (κ3) is 8.77. The largest absolute Gasteiger partial charge is 0.350 e. The summed E-state index contributed by atoms with van der Waals surface area (Å²) in [6, 6.07) is 27.8. The predicted octanol–water partition coefficient (Wildman–Crippen LogP) is 9.13. The van der Waals surface area contributed by atoms with E-state index in [-0.39, 0.29) is 24.9 Å². The van der Waals surface area contributed by atoms with Crippen molar-refractivity contribution in [2.45, 2.75) is 52.7 Å². The van der Waals surface area contributed by atoms with Crippen LogP contribution >= 0.6 is 23.2 Å². The highest BCUT2D eigenvalue weighted by molar-refractivity contribution is 6.30. The van der Waals surface area contributed by atoms with Gasteiger partial charge in [-0.1, -0.05) is 103 Å². The maximum atomic E-state index is 14.4. The highest BCUT2D eigenvalue weighted by Gasteiger charge is 2.32. The van der Waals surface area contributed by atoms with Crippen molar-refractivity contribution in [3.05, 3.63) is 158 Å². The minimum atomic E-state index is -0.909. The monoisotopic (exact) mass is 664 g/mol. The Labute approximate surface area is 285 Å². The number of rotatable bonds is 9. The molecule has 0 bridgehead atoms. The van der Waals surface area contributed by atoms with Crippen molar-refractivity contribution in [3.8, 4) is 11.8 Å². The Balaban J connectivity index is 1.69. The van der Waals surface area contributed by atoms with E-state index in [2.05, 4.69) is 17.2 Å². The van der Waals surface area contributed by atoms with E-state index in [1.54, 1.807) is 24.3 Å². The van der Waals surface area contributed by atoms with E-state index in [0.717, 1.165) is 22.3 Å². The zero-order chi connectivity index (χ0) is 33.5. The second-order valence-corrected chi connectivity index (χ2v) is 12.6. The van der Waals surface area contributed by atoms with Crippen molar-refractivity contribution in [1.82, 2.24) is 15.3 Å². The molecule has 5 nitrogen and oxygen atoms in total. The lowest BCUT2D eigenvalue weighted by atomic mass is 10.0. The van der Waals surface area contributed by atoms with Gasteiger partial charge in [-0.15, -0.1) is 0 Å². The number of hydrogen-bond donors (Lipinski definition) is 1. The predicted molar refractivity (Wildman–Crippen MR) is 188 cm³/mol. The highest BCUT2D eigenvalue weighted by Crippen LogP contribution is 2.33. The first kappa shape index (κ1) is 33.7. The Morgan fingerprint density at radius 3 is 2.00 bits per heavy atom. The third-order valence-corrected chi connectivity index (χ3v) is 8.16. The van der Waals surface area contributed by atoms with Crippen LogP contribution in [-0.4, -0.2) is 15.9 Å². The Morgan fingerprint density at radius 1 is 0.809 bits per heavy atom. The average Bonchev–Trinajstić information content (AvgIpc) is 3.06. The molecule has 0 aliphatic carbocycles. The van der Waals surface area contributed by atoms with E-state index in [4.69, 9.17) is 33.2 Å². The molecule has 47 heavy (non-hydrogen) atoms. The zero-order valence-corrected chi connectivity index (χ0v) is 28.2. The van der Waals surface area contributed by atoms with Gasteiger partial charge in [-0.3, -0.25) is 4.79 Å². The van der Waals surface area contributed by atoms with E-state index >= 15 is 0 Å². The van der Waals surface area contributed by atoms with Crippen LogP contribution in [0.25, 0.3) is 0 Å². The quantitative estimate of drug-likeness (QED) is 0.160. The van der Waals surface area contributed by atoms with Crippen molar-refractivity contribution in [3.63, 3.8) is 0 Å². The summed E-state index contributed by atoms with van der Waals surface area (Å²) in [5.74, 6) is 7.06. The maximum Gasteiger partial charge on any atom is 0.247 e. The number of anilines is 1. The number of halogens is 3. The number of amides is 1. The number of benzene rings is 4. The lowest BCUT2D eigenvalue weighted by Gasteiger charge is -2.34. The zero-order valence-electron chi connectivity index (χ0n) is 26.7. The summed E-state index contributed by atoms with van der Waals surface area (Å²) in [5, 5.41) is 4.30. The van der Waals surface area contributed by atoms with Crippen LogP contribution in [0, 0.1) is 31.5 Å². The molecule has 8 heteroatoms. The van der Waals surface area contributed by atoms with Gasteiger partial charge in [0.25, 0.3) is 0 Å². The number of aromatic nitrogens is 2. The minimum Gasteiger partial charge on any atom is -0.350 e. The molecule has 1 unspecified atom stereocenters. The van der Waals surface area contributed by atoms with E-state index in [1.165, 1.54) is 12.1 Å². The van der Waals surface area contributed by atoms with Crippen molar-refractivity contribution in [1.29, 1.82) is 0 Å². The smallest absolute Gasteiger partial charge is 0.247 e. The Hall–Kier alpha value is -4.70. The highest BCUT2D eigenvalue weighted by atomic mass is 35.5. The lowest BCUT2D eigenvalue weighted by Crippen LogP contribution is -2.41. The van der Waals surface area contributed by atoms with Gasteiger partial charge in [-0.2, -0.15) is 0 Å². The molecule has 0 saturated heterocycles. The van der Waals surface area contributed by atoms with Gasteiger partial charge in [0.2, 0.25) is 5.91 Å². The molecule has 4 aromatic carbocycles. The Morgan fingerprint density at radius 2 is 1.40 bits per heavy atom. The summed E-state index contributed by atoms with van der Waals surface area (Å²) in [5.41, 5.74) is 5.64. The van der Waals surface area contributed by atoms with Gasteiger partial charge in [0.15, 0.2) is 0 Å². The third-order valence-electron chi connectivity index (χ3n) is 7.65.